The van der Waals surface area contributed by atoms with Gasteiger partial charge in [-0.1, -0.05) is 66.0 Å². The molecule has 0 aromatic rings. The van der Waals surface area contributed by atoms with Gasteiger partial charge in [0.2, 0.25) is 0 Å². The summed E-state index contributed by atoms with van der Waals surface area (Å²) < 4.78 is 23.7. The highest BCUT2D eigenvalue weighted by molar-refractivity contribution is 5.25. The quantitative estimate of drug-likeness (QED) is 0.165. The second-order valence-corrected chi connectivity index (χ2v) is 18.4. The van der Waals surface area contributed by atoms with Gasteiger partial charge in [0.15, 0.2) is 12.6 Å². The number of hydrogen-bond donors (Lipinski definition) is 6. The second-order valence-electron chi connectivity index (χ2n) is 18.4. The largest absolute Gasteiger partial charge is 0.394 e. The molecule has 10 heteroatoms. The molecule has 19 atom stereocenters. The molecule has 2 saturated heterocycles. The molecule has 2 heterocycles. The molecule has 6 N–H and O–H groups in total. The van der Waals surface area contributed by atoms with Gasteiger partial charge in [-0.2, -0.15) is 0 Å². The van der Waals surface area contributed by atoms with E-state index in [0.29, 0.717) is 11.3 Å². The number of ether oxygens (including phenoxy) is 4. The highest BCUT2D eigenvalue weighted by atomic mass is 16.7. The molecule has 3 saturated carbocycles. The number of hydrogen-bond acceptors (Lipinski definition) is 10. The lowest BCUT2D eigenvalue weighted by Crippen LogP contribution is -2.64. The van der Waals surface area contributed by atoms with Crippen LogP contribution in [0.1, 0.15) is 119 Å². The summed E-state index contributed by atoms with van der Waals surface area (Å²) in [6.45, 7) is 15.8. The normalized spacial score (nSPS) is 49.8. The number of fused-ring (bicyclic) bond motifs is 5. The van der Waals surface area contributed by atoms with Crippen LogP contribution in [0.3, 0.4) is 0 Å². The summed E-state index contributed by atoms with van der Waals surface area (Å²) in [5.41, 5.74) is 2.02. The molecule has 0 aromatic heterocycles. The van der Waals surface area contributed by atoms with Crippen molar-refractivity contribution < 1.29 is 49.6 Å². The summed E-state index contributed by atoms with van der Waals surface area (Å²) >= 11 is 0. The Hall–Kier alpha value is -0.660. The van der Waals surface area contributed by atoms with Crippen molar-refractivity contribution >= 4 is 0 Å². The standard InChI is InChI=1S/C41H70O10/c1-8-24(21(2)3)10-9-22(4)28-13-14-29-27-12-11-25-19-26(15-17-40(25,6)30(27)16-18-41(28,29)7)49-39-36(47)34(45)37(31(20-42)50-39)51-38-35(46)33(44)32(43)23(5)48-38/h11,21-24,26-39,42-47H,8-10,12-20H2,1-7H3/t22-,23+,24-,26+,27+,28-,29+,30+,31-,32+,33-,34-,35-,36-,37-,38+,39-,40+,41-/m1/s1. The van der Waals surface area contributed by atoms with Crippen molar-refractivity contribution in [2.45, 2.75) is 187 Å². The SMILES string of the molecule is CC[C@H](CC[C@@H](C)[C@H]1CC[C@H]2[C@@H]3CC=C4C[C@@H](O[C@@H]5O[C@H](CO)[C@@H](O[C@@H]6O[C@@H](C)[C@H](O)[C@@H](O)[C@H]6O)[C@H](O)[C@H]5O)CC[C@]4(C)[C@H]3CC[C@]12C)C(C)C. The molecule has 0 unspecified atom stereocenters. The zero-order chi connectivity index (χ0) is 37.0. The maximum absolute atomic E-state index is 11.1. The lowest BCUT2D eigenvalue weighted by atomic mass is 9.47. The maximum Gasteiger partial charge on any atom is 0.187 e. The minimum absolute atomic E-state index is 0.133. The first-order chi connectivity index (χ1) is 24.1. The lowest BCUT2D eigenvalue weighted by Gasteiger charge is -2.58. The Kier molecular flexibility index (Phi) is 12.4. The highest BCUT2D eigenvalue weighted by Gasteiger charge is 2.59. The van der Waals surface area contributed by atoms with Gasteiger partial charge in [0.05, 0.1) is 18.8 Å². The van der Waals surface area contributed by atoms with Crippen LogP contribution in [0, 0.1) is 52.3 Å². The average molecular weight is 723 g/mol. The maximum atomic E-state index is 11.1. The van der Waals surface area contributed by atoms with Gasteiger partial charge in [0.1, 0.15) is 42.7 Å². The Labute approximate surface area is 306 Å². The molecule has 6 aliphatic rings. The summed E-state index contributed by atoms with van der Waals surface area (Å²) in [5.74, 6) is 5.39. The Morgan fingerprint density at radius 3 is 2.22 bits per heavy atom. The first-order valence-corrected chi connectivity index (χ1v) is 20.5. The fourth-order valence-corrected chi connectivity index (χ4v) is 12.2. The highest BCUT2D eigenvalue weighted by Crippen LogP contribution is 2.67. The van der Waals surface area contributed by atoms with Crippen LogP contribution in [0.5, 0.6) is 0 Å². The predicted octanol–water partition coefficient (Wildman–Crippen LogP) is 4.70. The number of aliphatic hydroxyl groups excluding tert-OH is 6. The van der Waals surface area contributed by atoms with Crippen LogP contribution in [0.25, 0.3) is 0 Å². The van der Waals surface area contributed by atoms with Gasteiger partial charge >= 0.3 is 0 Å². The van der Waals surface area contributed by atoms with E-state index >= 15 is 0 Å². The molecule has 0 bridgehead atoms. The van der Waals surface area contributed by atoms with Crippen molar-refractivity contribution in [3.05, 3.63) is 11.6 Å². The summed E-state index contributed by atoms with van der Waals surface area (Å²) in [5, 5.41) is 63.1. The first kappa shape index (κ1) is 40.0. The first-order valence-electron chi connectivity index (χ1n) is 20.5. The van der Waals surface area contributed by atoms with Crippen LogP contribution in [-0.2, 0) is 18.9 Å². The van der Waals surface area contributed by atoms with Gasteiger partial charge in [-0.15, -0.1) is 0 Å². The van der Waals surface area contributed by atoms with E-state index in [0.717, 1.165) is 61.2 Å². The van der Waals surface area contributed by atoms with E-state index < -0.39 is 68.0 Å². The van der Waals surface area contributed by atoms with Crippen molar-refractivity contribution in [1.82, 2.24) is 0 Å². The summed E-state index contributed by atoms with van der Waals surface area (Å²) in [6, 6.07) is 0. The summed E-state index contributed by atoms with van der Waals surface area (Å²) in [7, 11) is 0. The van der Waals surface area contributed by atoms with E-state index in [9.17, 15) is 30.6 Å². The van der Waals surface area contributed by atoms with Crippen molar-refractivity contribution in [2.75, 3.05) is 6.61 Å². The monoisotopic (exact) mass is 722 g/mol. The van der Waals surface area contributed by atoms with E-state index in [1.54, 1.807) is 0 Å². The Morgan fingerprint density at radius 1 is 0.824 bits per heavy atom. The third kappa shape index (κ3) is 7.39. The van der Waals surface area contributed by atoms with Crippen molar-refractivity contribution in [3.8, 4) is 0 Å². The van der Waals surface area contributed by atoms with Crippen molar-refractivity contribution in [2.24, 2.45) is 52.3 Å². The molecule has 2 aliphatic heterocycles. The zero-order valence-electron chi connectivity index (χ0n) is 32.3. The molecule has 294 valence electrons. The van der Waals surface area contributed by atoms with Gasteiger partial charge in [-0.25, -0.2) is 0 Å². The molecule has 10 nitrogen and oxygen atoms in total. The van der Waals surface area contributed by atoms with Gasteiger partial charge < -0.3 is 49.6 Å². The smallest absolute Gasteiger partial charge is 0.187 e. The number of allylic oxidation sites excluding steroid dienone is 1. The molecule has 0 spiro atoms. The minimum atomic E-state index is -1.60. The van der Waals surface area contributed by atoms with Crippen LogP contribution < -0.4 is 0 Å². The third-order valence-corrected chi connectivity index (χ3v) is 15.5. The van der Waals surface area contributed by atoms with Crippen LogP contribution in [0.4, 0.5) is 0 Å². The lowest BCUT2D eigenvalue weighted by molar-refractivity contribution is -0.360. The van der Waals surface area contributed by atoms with Gasteiger partial charge in [0, 0.05) is 0 Å². The number of aliphatic hydroxyl groups is 6. The molecular weight excluding hydrogens is 652 g/mol. The van der Waals surface area contributed by atoms with Gasteiger partial charge in [0.25, 0.3) is 0 Å². The third-order valence-electron chi connectivity index (χ3n) is 15.5. The Morgan fingerprint density at radius 2 is 1.53 bits per heavy atom. The van der Waals surface area contributed by atoms with Crippen molar-refractivity contribution in [1.29, 1.82) is 0 Å². The topological polar surface area (TPSA) is 158 Å². The van der Waals surface area contributed by atoms with E-state index in [2.05, 4.69) is 47.6 Å². The molecule has 5 fully saturated rings. The molecule has 51 heavy (non-hydrogen) atoms. The second kappa shape index (κ2) is 15.8. The van der Waals surface area contributed by atoms with E-state index in [1.165, 1.54) is 57.4 Å². The van der Waals surface area contributed by atoms with Crippen LogP contribution in [0.2, 0.25) is 0 Å². The van der Waals surface area contributed by atoms with E-state index in [1.807, 2.05) is 0 Å². The molecule has 4 aliphatic carbocycles. The zero-order valence-corrected chi connectivity index (χ0v) is 32.3. The van der Waals surface area contributed by atoms with Crippen LogP contribution in [-0.4, -0.2) is 105 Å². The molecule has 0 radical (unpaired) electrons. The molecule has 6 rings (SSSR count). The van der Waals surface area contributed by atoms with Gasteiger partial charge in [-0.05, 0) is 117 Å². The van der Waals surface area contributed by atoms with E-state index in [4.69, 9.17) is 18.9 Å². The van der Waals surface area contributed by atoms with Gasteiger partial charge in [-0.3, -0.25) is 0 Å². The molecule has 0 amide bonds. The molecular formula is C41H70O10. The minimum Gasteiger partial charge on any atom is -0.394 e. The predicted molar refractivity (Wildman–Crippen MR) is 192 cm³/mol. The number of rotatable bonds is 11. The van der Waals surface area contributed by atoms with Crippen LogP contribution >= 0.6 is 0 Å². The molecule has 0 aromatic carbocycles. The summed E-state index contributed by atoms with van der Waals surface area (Å²) in [4.78, 5) is 0. The fourth-order valence-electron chi connectivity index (χ4n) is 12.2. The van der Waals surface area contributed by atoms with Crippen LogP contribution in [0.15, 0.2) is 11.6 Å². The Bertz CT molecular complexity index is 1190. The van der Waals surface area contributed by atoms with E-state index in [-0.39, 0.29) is 11.5 Å². The van der Waals surface area contributed by atoms with Crippen molar-refractivity contribution in [3.63, 3.8) is 0 Å². The summed E-state index contributed by atoms with van der Waals surface area (Å²) in [6.07, 6.45) is 2.18. The fraction of sp³-hybridized carbons (Fsp3) is 0.951. The Balaban J connectivity index is 1.07. The average Bonchev–Trinajstić information content (AvgIpc) is 3.46.